The average Bonchev–Trinajstić information content (AvgIpc) is 3.24. The molecule has 1 aromatic carbocycles. The van der Waals surface area contributed by atoms with Crippen molar-refractivity contribution >= 4 is 5.95 Å². The van der Waals surface area contributed by atoms with E-state index in [1.807, 2.05) is 47.4 Å². The van der Waals surface area contributed by atoms with Gasteiger partial charge in [0.1, 0.15) is 5.75 Å². The number of likely N-dealkylation sites (N-methyl/N-ethyl adjacent to an activating group) is 1. The molecule has 1 unspecified atom stereocenters. The first-order chi connectivity index (χ1) is 13.7. The number of aromatic nitrogens is 4. The lowest BCUT2D eigenvalue weighted by atomic mass is 10.0. The van der Waals surface area contributed by atoms with Crippen LogP contribution in [0.25, 0.3) is 16.9 Å². The average molecular weight is 378 g/mol. The number of likely N-dealkylation sites (tertiary alicyclic amines) is 1. The first-order valence-corrected chi connectivity index (χ1v) is 9.69. The van der Waals surface area contributed by atoms with Crippen molar-refractivity contribution in [3.63, 3.8) is 0 Å². The number of benzene rings is 1. The summed E-state index contributed by atoms with van der Waals surface area (Å²) < 4.78 is 7.12. The van der Waals surface area contributed by atoms with Crippen LogP contribution in [0.15, 0.2) is 48.9 Å². The molecule has 4 rings (SSSR count). The lowest BCUT2D eigenvalue weighted by molar-refractivity contribution is 0.194. The summed E-state index contributed by atoms with van der Waals surface area (Å²) in [7, 11) is 3.85. The van der Waals surface area contributed by atoms with E-state index >= 15 is 0 Å². The molecule has 1 aliphatic heterocycles. The van der Waals surface area contributed by atoms with Crippen LogP contribution in [0.5, 0.6) is 5.75 Å². The summed E-state index contributed by atoms with van der Waals surface area (Å²) in [6, 6.07) is 10.3. The zero-order valence-electron chi connectivity index (χ0n) is 16.4. The van der Waals surface area contributed by atoms with Gasteiger partial charge in [-0.2, -0.15) is 5.10 Å². The molecule has 1 fully saturated rings. The van der Waals surface area contributed by atoms with Gasteiger partial charge in [-0.1, -0.05) is 12.5 Å². The number of methoxy groups -OCH3 is 1. The van der Waals surface area contributed by atoms with E-state index in [0.29, 0.717) is 12.0 Å². The maximum atomic E-state index is 5.29. The maximum absolute atomic E-state index is 5.29. The molecule has 1 aliphatic rings. The molecule has 1 saturated heterocycles. The third-order valence-corrected chi connectivity index (χ3v) is 5.27. The molecule has 0 saturated carbocycles. The largest absolute Gasteiger partial charge is 0.497 e. The fourth-order valence-corrected chi connectivity index (χ4v) is 3.57. The minimum atomic E-state index is 0.539. The van der Waals surface area contributed by atoms with Crippen LogP contribution in [-0.4, -0.2) is 57.9 Å². The van der Waals surface area contributed by atoms with Gasteiger partial charge in [0.25, 0.3) is 0 Å². The Morgan fingerprint density at radius 2 is 2.18 bits per heavy atom. The van der Waals surface area contributed by atoms with Crippen LogP contribution in [0.3, 0.4) is 0 Å². The molecule has 0 spiro atoms. The van der Waals surface area contributed by atoms with E-state index in [4.69, 9.17) is 4.74 Å². The third-order valence-electron chi connectivity index (χ3n) is 5.27. The minimum absolute atomic E-state index is 0.539. The summed E-state index contributed by atoms with van der Waals surface area (Å²) in [5.41, 5.74) is 2.74. The van der Waals surface area contributed by atoms with Crippen LogP contribution >= 0.6 is 0 Å². The van der Waals surface area contributed by atoms with Crippen LogP contribution in [0.1, 0.15) is 19.3 Å². The Labute approximate surface area is 165 Å². The van der Waals surface area contributed by atoms with Crippen molar-refractivity contribution in [2.45, 2.75) is 25.3 Å². The zero-order chi connectivity index (χ0) is 19.3. The van der Waals surface area contributed by atoms with E-state index in [-0.39, 0.29) is 0 Å². The Kier molecular flexibility index (Phi) is 5.53. The summed E-state index contributed by atoms with van der Waals surface area (Å²) in [4.78, 5) is 11.5. The number of ether oxygens (including phenoxy) is 1. The number of hydrogen-bond donors (Lipinski definition) is 1. The van der Waals surface area contributed by atoms with Gasteiger partial charge >= 0.3 is 0 Å². The van der Waals surface area contributed by atoms with E-state index in [2.05, 4.69) is 32.3 Å². The smallest absolute Gasteiger partial charge is 0.223 e. The molecular weight excluding hydrogens is 352 g/mol. The molecule has 7 nitrogen and oxygen atoms in total. The van der Waals surface area contributed by atoms with E-state index in [9.17, 15) is 0 Å². The molecule has 0 amide bonds. The van der Waals surface area contributed by atoms with Gasteiger partial charge in [0.05, 0.1) is 24.7 Å². The van der Waals surface area contributed by atoms with E-state index in [1.54, 1.807) is 13.3 Å². The molecule has 0 bridgehead atoms. The Morgan fingerprint density at radius 1 is 1.25 bits per heavy atom. The van der Waals surface area contributed by atoms with Gasteiger partial charge in [0.15, 0.2) is 0 Å². The number of anilines is 1. The lowest BCUT2D eigenvalue weighted by Crippen LogP contribution is -2.40. The van der Waals surface area contributed by atoms with Crippen molar-refractivity contribution in [1.29, 1.82) is 0 Å². The number of hydrogen-bond acceptors (Lipinski definition) is 6. The van der Waals surface area contributed by atoms with Gasteiger partial charge in [-0.05, 0) is 44.6 Å². The molecule has 28 heavy (non-hydrogen) atoms. The summed E-state index contributed by atoms with van der Waals surface area (Å²) in [5, 5.41) is 7.87. The highest BCUT2D eigenvalue weighted by Crippen LogP contribution is 2.21. The molecule has 7 heteroatoms. The maximum Gasteiger partial charge on any atom is 0.223 e. The molecule has 1 atom stereocenters. The molecule has 3 aromatic rings. The van der Waals surface area contributed by atoms with Gasteiger partial charge in [-0.3, -0.25) is 0 Å². The predicted molar refractivity (Wildman–Crippen MR) is 110 cm³/mol. The number of rotatable bonds is 6. The number of piperidine rings is 1. The predicted octanol–water partition coefficient (Wildman–Crippen LogP) is 3.23. The fraction of sp³-hybridized carbons (Fsp3) is 0.381. The SMILES string of the molecule is COc1cccc(-n2cc(-c3ccnc(NCC4CCCCN4C)n3)cn2)c1. The lowest BCUT2D eigenvalue weighted by Gasteiger charge is -2.32. The van der Waals surface area contributed by atoms with Gasteiger partial charge in [-0.25, -0.2) is 14.6 Å². The zero-order valence-corrected chi connectivity index (χ0v) is 16.4. The Balaban J connectivity index is 1.47. The summed E-state index contributed by atoms with van der Waals surface area (Å²) in [6.45, 7) is 2.03. The minimum Gasteiger partial charge on any atom is -0.497 e. The quantitative estimate of drug-likeness (QED) is 0.710. The van der Waals surface area contributed by atoms with Gasteiger partial charge in [0.2, 0.25) is 5.95 Å². The number of nitrogens with zero attached hydrogens (tertiary/aromatic N) is 5. The van der Waals surface area contributed by atoms with Crippen LogP contribution in [0.4, 0.5) is 5.95 Å². The second kappa shape index (κ2) is 8.39. The Bertz CT molecular complexity index is 925. The van der Waals surface area contributed by atoms with E-state index < -0.39 is 0 Å². The van der Waals surface area contributed by atoms with E-state index in [0.717, 1.165) is 35.8 Å². The van der Waals surface area contributed by atoms with Crippen LogP contribution in [0.2, 0.25) is 0 Å². The highest BCUT2D eigenvalue weighted by atomic mass is 16.5. The van der Waals surface area contributed by atoms with Crippen LogP contribution in [-0.2, 0) is 0 Å². The summed E-state index contributed by atoms with van der Waals surface area (Å²) in [5.74, 6) is 1.46. The van der Waals surface area contributed by atoms with Crippen LogP contribution < -0.4 is 10.1 Å². The van der Waals surface area contributed by atoms with Crippen LogP contribution in [0, 0.1) is 0 Å². The van der Waals surface area contributed by atoms with Gasteiger partial charge in [0, 0.05) is 36.6 Å². The van der Waals surface area contributed by atoms with Crippen molar-refractivity contribution < 1.29 is 4.74 Å². The number of nitrogens with one attached hydrogen (secondary N) is 1. The standard InChI is InChI=1S/C21H26N6O/c1-26-11-4-3-6-18(26)14-23-21-22-10-9-20(25-21)16-13-24-27(15-16)17-7-5-8-19(12-17)28-2/h5,7-10,12-13,15,18H,3-4,6,11,14H2,1-2H3,(H,22,23,25). The molecular formula is C21H26N6O. The van der Waals surface area contributed by atoms with Crippen molar-refractivity contribution in [2.24, 2.45) is 0 Å². The monoisotopic (exact) mass is 378 g/mol. The second-order valence-electron chi connectivity index (χ2n) is 7.15. The Hall–Kier alpha value is -2.93. The highest BCUT2D eigenvalue weighted by Gasteiger charge is 2.18. The molecule has 2 aromatic heterocycles. The third kappa shape index (κ3) is 4.14. The molecule has 3 heterocycles. The molecule has 1 N–H and O–H groups in total. The van der Waals surface area contributed by atoms with Crippen molar-refractivity contribution in [3.05, 3.63) is 48.9 Å². The fourth-order valence-electron chi connectivity index (χ4n) is 3.57. The van der Waals surface area contributed by atoms with Crippen molar-refractivity contribution in [2.75, 3.05) is 32.6 Å². The van der Waals surface area contributed by atoms with E-state index in [1.165, 1.54) is 19.3 Å². The molecule has 0 aliphatic carbocycles. The normalized spacial score (nSPS) is 17.4. The van der Waals surface area contributed by atoms with Crippen molar-refractivity contribution in [3.8, 4) is 22.7 Å². The summed E-state index contributed by atoms with van der Waals surface area (Å²) in [6.07, 6.45) is 9.38. The van der Waals surface area contributed by atoms with Gasteiger partial charge in [-0.15, -0.1) is 0 Å². The van der Waals surface area contributed by atoms with Crippen molar-refractivity contribution in [1.82, 2.24) is 24.6 Å². The molecule has 0 radical (unpaired) electrons. The topological polar surface area (TPSA) is 68.1 Å². The molecule has 146 valence electrons. The Morgan fingerprint density at radius 3 is 3.04 bits per heavy atom. The van der Waals surface area contributed by atoms with Gasteiger partial charge < -0.3 is 15.0 Å². The summed E-state index contributed by atoms with van der Waals surface area (Å²) >= 11 is 0. The first-order valence-electron chi connectivity index (χ1n) is 9.69. The highest BCUT2D eigenvalue weighted by molar-refractivity contribution is 5.59. The second-order valence-corrected chi connectivity index (χ2v) is 7.15. The first kappa shape index (κ1) is 18.4.